The maximum atomic E-state index is 11.4. The van der Waals surface area contributed by atoms with Crippen molar-refractivity contribution in [1.29, 1.82) is 0 Å². The van der Waals surface area contributed by atoms with E-state index in [1.165, 1.54) is 12.8 Å². The minimum absolute atomic E-state index is 0.228. The van der Waals surface area contributed by atoms with Crippen molar-refractivity contribution in [2.75, 3.05) is 32.7 Å². The average Bonchev–Trinajstić information content (AvgIpc) is 3.00. The molecule has 2 fully saturated rings. The molecule has 2 aliphatic rings. The highest BCUT2D eigenvalue weighted by Gasteiger charge is 2.23. The van der Waals surface area contributed by atoms with E-state index in [4.69, 9.17) is 0 Å². The lowest BCUT2D eigenvalue weighted by Crippen LogP contribution is -2.44. The van der Waals surface area contributed by atoms with Crippen LogP contribution >= 0.6 is 0 Å². The summed E-state index contributed by atoms with van der Waals surface area (Å²) < 4.78 is 0. The van der Waals surface area contributed by atoms with Gasteiger partial charge in [-0.25, -0.2) is 0 Å². The zero-order valence-corrected chi connectivity index (χ0v) is 8.59. The minimum Gasteiger partial charge on any atom is -0.353 e. The van der Waals surface area contributed by atoms with Gasteiger partial charge < -0.3 is 15.5 Å². The van der Waals surface area contributed by atoms with Crippen LogP contribution in [0.3, 0.4) is 0 Å². The van der Waals surface area contributed by atoms with Gasteiger partial charge in [-0.3, -0.25) is 4.79 Å². The van der Waals surface area contributed by atoms with E-state index in [9.17, 15) is 4.79 Å². The lowest BCUT2D eigenvalue weighted by molar-refractivity contribution is -0.121. The van der Waals surface area contributed by atoms with Gasteiger partial charge in [-0.1, -0.05) is 0 Å². The first kappa shape index (κ1) is 9.93. The second kappa shape index (κ2) is 4.75. The van der Waals surface area contributed by atoms with Gasteiger partial charge in [-0.2, -0.15) is 0 Å². The highest BCUT2D eigenvalue weighted by molar-refractivity contribution is 5.76. The molecule has 1 saturated heterocycles. The summed E-state index contributed by atoms with van der Waals surface area (Å²) in [5.41, 5.74) is 0. The fraction of sp³-hybridized carbons (Fsp3) is 0.900. The number of carbonyl (C=O) groups is 1. The van der Waals surface area contributed by atoms with Crippen molar-refractivity contribution < 1.29 is 4.79 Å². The van der Waals surface area contributed by atoms with Crippen LogP contribution in [0.1, 0.15) is 19.3 Å². The van der Waals surface area contributed by atoms with Crippen molar-refractivity contribution in [1.82, 2.24) is 15.5 Å². The van der Waals surface area contributed by atoms with E-state index in [2.05, 4.69) is 15.5 Å². The Bertz CT molecular complexity index is 198. The first-order valence-electron chi connectivity index (χ1n) is 5.57. The summed E-state index contributed by atoms with van der Waals surface area (Å²) in [5, 5.41) is 6.31. The van der Waals surface area contributed by atoms with E-state index in [-0.39, 0.29) is 5.91 Å². The Kier molecular flexibility index (Phi) is 3.37. The van der Waals surface area contributed by atoms with Crippen LogP contribution in [-0.4, -0.2) is 49.6 Å². The molecule has 2 rings (SSSR count). The van der Waals surface area contributed by atoms with Gasteiger partial charge in [0.1, 0.15) is 0 Å². The van der Waals surface area contributed by atoms with Gasteiger partial charge >= 0.3 is 0 Å². The Morgan fingerprint density at radius 2 is 2.07 bits per heavy atom. The predicted molar refractivity (Wildman–Crippen MR) is 55.1 cm³/mol. The van der Waals surface area contributed by atoms with Gasteiger partial charge in [0.2, 0.25) is 5.91 Å². The summed E-state index contributed by atoms with van der Waals surface area (Å²) >= 11 is 0. The molecule has 2 N–H and O–H groups in total. The molecule has 0 aromatic carbocycles. The van der Waals surface area contributed by atoms with Crippen molar-refractivity contribution in [3.05, 3.63) is 0 Å². The molecule has 0 aromatic heterocycles. The molecule has 0 atom stereocenters. The molecule has 0 bridgehead atoms. The van der Waals surface area contributed by atoms with Crippen molar-refractivity contribution in [3.63, 3.8) is 0 Å². The SMILES string of the molecule is O=C(CCN1CCNCC1)NC1CC1. The number of rotatable bonds is 4. The van der Waals surface area contributed by atoms with Gasteiger partial charge in [0.25, 0.3) is 0 Å². The molecule has 80 valence electrons. The molecule has 4 nitrogen and oxygen atoms in total. The third-order valence-corrected chi connectivity index (χ3v) is 2.81. The predicted octanol–water partition coefficient (Wildman–Crippen LogP) is -0.440. The Morgan fingerprint density at radius 1 is 1.36 bits per heavy atom. The van der Waals surface area contributed by atoms with Gasteiger partial charge in [-0.05, 0) is 12.8 Å². The summed E-state index contributed by atoms with van der Waals surface area (Å²) in [6.07, 6.45) is 3.02. The highest BCUT2D eigenvalue weighted by Crippen LogP contribution is 2.18. The van der Waals surface area contributed by atoms with Crippen LogP contribution in [0.4, 0.5) is 0 Å². The number of nitrogens with zero attached hydrogens (tertiary/aromatic N) is 1. The van der Waals surface area contributed by atoms with E-state index in [1.54, 1.807) is 0 Å². The van der Waals surface area contributed by atoms with E-state index >= 15 is 0 Å². The Balaban J connectivity index is 1.57. The molecular formula is C10H19N3O. The third-order valence-electron chi connectivity index (χ3n) is 2.81. The van der Waals surface area contributed by atoms with Crippen molar-refractivity contribution in [2.24, 2.45) is 0 Å². The Labute approximate surface area is 85.0 Å². The lowest BCUT2D eigenvalue weighted by Gasteiger charge is -2.26. The molecule has 1 aliphatic carbocycles. The quantitative estimate of drug-likeness (QED) is 0.642. The van der Waals surface area contributed by atoms with Gasteiger partial charge in [0, 0.05) is 45.2 Å². The lowest BCUT2D eigenvalue weighted by atomic mass is 10.3. The first-order chi connectivity index (χ1) is 6.84. The van der Waals surface area contributed by atoms with Crippen molar-refractivity contribution in [2.45, 2.75) is 25.3 Å². The zero-order valence-electron chi connectivity index (χ0n) is 8.59. The van der Waals surface area contributed by atoms with E-state index in [0.29, 0.717) is 12.5 Å². The molecule has 1 saturated carbocycles. The minimum atomic E-state index is 0.228. The van der Waals surface area contributed by atoms with Crippen molar-refractivity contribution >= 4 is 5.91 Å². The smallest absolute Gasteiger partial charge is 0.221 e. The molecule has 4 heteroatoms. The molecule has 1 amide bonds. The second-order valence-corrected chi connectivity index (χ2v) is 4.18. The summed E-state index contributed by atoms with van der Waals surface area (Å²) in [6, 6.07) is 0.505. The topological polar surface area (TPSA) is 44.4 Å². The third kappa shape index (κ3) is 3.27. The Morgan fingerprint density at radius 3 is 2.71 bits per heavy atom. The number of piperazine rings is 1. The molecule has 0 spiro atoms. The first-order valence-corrected chi connectivity index (χ1v) is 5.57. The standard InChI is InChI=1S/C10H19N3O/c14-10(12-9-1-2-9)3-6-13-7-4-11-5-8-13/h9,11H,1-8H2,(H,12,14). The molecule has 1 aliphatic heterocycles. The monoisotopic (exact) mass is 197 g/mol. The summed E-state index contributed by atoms with van der Waals surface area (Å²) in [7, 11) is 0. The van der Waals surface area contributed by atoms with Crippen LogP contribution in [-0.2, 0) is 4.79 Å². The van der Waals surface area contributed by atoms with Crippen LogP contribution in [0, 0.1) is 0 Å². The van der Waals surface area contributed by atoms with E-state index < -0.39 is 0 Å². The molecular weight excluding hydrogens is 178 g/mol. The number of hydrogen-bond donors (Lipinski definition) is 2. The largest absolute Gasteiger partial charge is 0.353 e. The summed E-state index contributed by atoms with van der Waals surface area (Å²) in [6.45, 7) is 5.20. The van der Waals surface area contributed by atoms with Gasteiger partial charge in [-0.15, -0.1) is 0 Å². The fourth-order valence-electron chi connectivity index (χ4n) is 1.72. The normalized spacial score (nSPS) is 23.4. The van der Waals surface area contributed by atoms with E-state index in [1.807, 2.05) is 0 Å². The maximum Gasteiger partial charge on any atom is 0.221 e. The number of amides is 1. The molecule has 0 unspecified atom stereocenters. The molecule has 0 aromatic rings. The fourth-order valence-corrected chi connectivity index (χ4v) is 1.72. The van der Waals surface area contributed by atoms with Crippen molar-refractivity contribution in [3.8, 4) is 0 Å². The van der Waals surface area contributed by atoms with Crippen LogP contribution in [0.25, 0.3) is 0 Å². The van der Waals surface area contributed by atoms with Gasteiger partial charge in [0.15, 0.2) is 0 Å². The van der Waals surface area contributed by atoms with Gasteiger partial charge in [0.05, 0.1) is 0 Å². The molecule has 14 heavy (non-hydrogen) atoms. The van der Waals surface area contributed by atoms with Crippen LogP contribution in [0.15, 0.2) is 0 Å². The van der Waals surface area contributed by atoms with E-state index in [0.717, 1.165) is 32.7 Å². The zero-order chi connectivity index (χ0) is 9.80. The van der Waals surface area contributed by atoms with Crippen LogP contribution in [0.5, 0.6) is 0 Å². The second-order valence-electron chi connectivity index (χ2n) is 4.18. The number of nitrogens with one attached hydrogen (secondary N) is 2. The number of carbonyl (C=O) groups excluding carboxylic acids is 1. The average molecular weight is 197 g/mol. The highest BCUT2D eigenvalue weighted by atomic mass is 16.1. The van der Waals surface area contributed by atoms with Crippen LogP contribution in [0.2, 0.25) is 0 Å². The molecule has 0 radical (unpaired) electrons. The summed E-state index contributed by atoms with van der Waals surface area (Å²) in [4.78, 5) is 13.7. The molecule has 1 heterocycles. The number of hydrogen-bond acceptors (Lipinski definition) is 3. The van der Waals surface area contributed by atoms with Crippen LogP contribution < -0.4 is 10.6 Å². The Hall–Kier alpha value is -0.610. The summed E-state index contributed by atoms with van der Waals surface area (Å²) in [5.74, 6) is 0.228. The maximum absolute atomic E-state index is 11.4.